The van der Waals surface area contributed by atoms with Crippen molar-refractivity contribution in [1.82, 2.24) is 20.0 Å². The number of ketones is 1. The summed E-state index contributed by atoms with van der Waals surface area (Å²) in [5, 5.41) is 12.3. The van der Waals surface area contributed by atoms with Gasteiger partial charge in [-0.15, -0.1) is 0 Å². The van der Waals surface area contributed by atoms with E-state index in [1.165, 1.54) is 4.68 Å². The summed E-state index contributed by atoms with van der Waals surface area (Å²) in [6.07, 6.45) is 0. The smallest absolute Gasteiger partial charge is 0.274 e. The first-order valence-corrected chi connectivity index (χ1v) is 9.78. The highest BCUT2D eigenvalue weighted by Gasteiger charge is 2.30. The molecule has 4 rings (SSSR count). The molecule has 0 saturated carbocycles. The maximum Gasteiger partial charge on any atom is 0.274 e. The molecule has 150 valence electrons. The number of fused-ring (bicyclic) bond motifs is 2. The van der Waals surface area contributed by atoms with Crippen LogP contribution in [0.2, 0.25) is 0 Å². The number of likely N-dealkylation sites (N-methyl/N-ethyl adjacent to an activating group) is 2. The predicted octanol–water partition coefficient (Wildman–Crippen LogP) is 1.80. The summed E-state index contributed by atoms with van der Waals surface area (Å²) in [5.74, 6) is -0.0714. The minimum absolute atomic E-state index is 0.0714. The van der Waals surface area contributed by atoms with Gasteiger partial charge in [-0.25, -0.2) is 4.68 Å². The number of hydrogen-bond acceptors (Lipinski definition) is 6. The molecule has 7 nitrogen and oxygen atoms in total. The highest BCUT2D eigenvalue weighted by atomic mass is 16.1. The summed E-state index contributed by atoms with van der Waals surface area (Å²) in [6.45, 7) is 2.63. The number of benzene rings is 2. The molecule has 0 spiro atoms. The number of carbonyl (C=O) groups excluding carboxylic acids is 1. The molecule has 1 heterocycles. The van der Waals surface area contributed by atoms with Crippen LogP contribution in [0.1, 0.15) is 15.9 Å². The number of anilines is 1. The van der Waals surface area contributed by atoms with E-state index in [9.17, 15) is 9.59 Å². The van der Waals surface area contributed by atoms with Crippen LogP contribution < -0.4 is 16.2 Å². The molecule has 0 atom stereocenters. The van der Waals surface area contributed by atoms with Crippen molar-refractivity contribution in [2.75, 3.05) is 46.1 Å². The van der Waals surface area contributed by atoms with E-state index in [1.807, 2.05) is 56.4 Å². The second kappa shape index (κ2) is 7.77. The number of rotatable bonds is 7. The number of hydrogen-bond donors (Lipinski definition) is 2. The third-order valence-electron chi connectivity index (χ3n) is 5.23. The van der Waals surface area contributed by atoms with Gasteiger partial charge in [-0.2, -0.15) is 5.10 Å². The first kappa shape index (κ1) is 19.3. The van der Waals surface area contributed by atoms with Gasteiger partial charge in [-0.05, 0) is 33.3 Å². The van der Waals surface area contributed by atoms with E-state index in [1.54, 1.807) is 6.07 Å². The van der Waals surface area contributed by atoms with Crippen LogP contribution in [0.4, 0.5) is 5.69 Å². The van der Waals surface area contributed by atoms with Crippen LogP contribution in [0.5, 0.6) is 0 Å². The molecule has 2 N–H and O–H groups in total. The third-order valence-corrected chi connectivity index (χ3v) is 5.23. The van der Waals surface area contributed by atoms with Gasteiger partial charge in [-0.3, -0.25) is 9.59 Å². The molecule has 0 unspecified atom stereocenters. The van der Waals surface area contributed by atoms with E-state index >= 15 is 0 Å². The first-order chi connectivity index (χ1) is 14.0. The lowest BCUT2D eigenvalue weighted by Gasteiger charge is -2.23. The number of nitrogens with zero attached hydrogens (tertiary/aromatic N) is 3. The van der Waals surface area contributed by atoms with Gasteiger partial charge in [0.15, 0.2) is 5.78 Å². The SMILES string of the molecule is CNCCNc1ccc2c(=O)n(CCN(C)C)nc3c2c1C(=O)c1ccccc1-3. The predicted molar refractivity (Wildman–Crippen MR) is 116 cm³/mol. The second-order valence-electron chi connectivity index (χ2n) is 7.50. The van der Waals surface area contributed by atoms with Gasteiger partial charge in [-0.1, -0.05) is 24.3 Å². The number of nitrogens with one attached hydrogen (secondary N) is 2. The van der Waals surface area contributed by atoms with Gasteiger partial charge >= 0.3 is 0 Å². The van der Waals surface area contributed by atoms with E-state index in [0.29, 0.717) is 47.2 Å². The number of carbonyl (C=O) groups is 1. The molecular formula is C22H25N5O2. The standard InChI is InChI=1S/C22H25N5O2/c1-23-10-11-24-17-9-8-16-18-19(17)21(28)15-7-5-4-6-14(15)20(18)25-27(22(16)29)13-12-26(2)3/h4-9,23-24H,10-13H2,1-3H3. The molecule has 0 radical (unpaired) electrons. The lowest BCUT2D eigenvalue weighted by Crippen LogP contribution is -2.30. The average Bonchev–Trinajstić information content (AvgIpc) is 2.72. The lowest BCUT2D eigenvalue weighted by molar-refractivity contribution is 0.104. The van der Waals surface area contributed by atoms with Gasteiger partial charge in [0.1, 0.15) is 5.69 Å². The minimum atomic E-state index is -0.166. The van der Waals surface area contributed by atoms with E-state index in [4.69, 9.17) is 5.10 Å². The van der Waals surface area contributed by atoms with Crippen LogP contribution in [0.3, 0.4) is 0 Å². The molecule has 0 amide bonds. The lowest BCUT2D eigenvalue weighted by atomic mass is 9.85. The first-order valence-electron chi connectivity index (χ1n) is 9.78. The van der Waals surface area contributed by atoms with E-state index in [0.717, 1.165) is 17.8 Å². The Kier molecular flexibility index (Phi) is 5.17. The minimum Gasteiger partial charge on any atom is -0.383 e. The molecule has 3 aromatic rings. The molecule has 7 heteroatoms. The van der Waals surface area contributed by atoms with Gasteiger partial charge in [0, 0.05) is 41.8 Å². The average molecular weight is 391 g/mol. The van der Waals surface area contributed by atoms with Crippen molar-refractivity contribution in [2.45, 2.75) is 6.54 Å². The van der Waals surface area contributed by atoms with Crippen LogP contribution in [-0.4, -0.2) is 61.2 Å². The third kappa shape index (κ3) is 3.32. The van der Waals surface area contributed by atoms with Crippen LogP contribution in [0, 0.1) is 0 Å². The van der Waals surface area contributed by atoms with Crippen molar-refractivity contribution < 1.29 is 4.79 Å². The van der Waals surface area contributed by atoms with Crippen LogP contribution in [0.25, 0.3) is 22.0 Å². The molecule has 0 bridgehead atoms. The zero-order valence-corrected chi connectivity index (χ0v) is 17.0. The Bertz CT molecular complexity index is 1150. The van der Waals surface area contributed by atoms with Gasteiger partial charge in [0.25, 0.3) is 5.56 Å². The summed E-state index contributed by atoms with van der Waals surface area (Å²) in [4.78, 5) is 28.5. The Morgan fingerprint density at radius 2 is 1.79 bits per heavy atom. The molecule has 2 aromatic carbocycles. The van der Waals surface area contributed by atoms with Gasteiger partial charge in [0.05, 0.1) is 17.5 Å². The van der Waals surface area contributed by atoms with E-state index in [2.05, 4.69) is 10.6 Å². The molecule has 1 aliphatic rings. The second-order valence-corrected chi connectivity index (χ2v) is 7.50. The monoisotopic (exact) mass is 391 g/mol. The molecular weight excluding hydrogens is 366 g/mol. The molecule has 1 aliphatic carbocycles. The van der Waals surface area contributed by atoms with Crippen molar-refractivity contribution in [2.24, 2.45) is 0 Å². The maximum absolute atomic E-state index is 13.4. The molecule has 0 fully saturated rings. The Balaban J connectivity index is 1.98. The summed E-state index contributed by atoms with van der Waals surface area (Å²) in [6, 6.07) is 11.1. The fourth-order valence-electron chi connectivity index (χ4n) is 3.74. The zero-order chi connectivity index (χ0) is 20.5. The maximum atomic E-state index is 13.4. The Labute approximate surface area is 169 Å². The van der Waals surface area contributed by atoms with Gasteiger partial charge < -0.3 is 15.5 Å². The van der Waals surface area contributed by atoms with E-state index < -0.39 is 0 Å². The van der Waals surface area contributed by atoms with Crippen molar-refractivity contribution >= 4 is 22.2 Å². The highest BCUT2D eigenvalue weighted by Crippen LogP contribution is 2.39. The summed E-state index contributed by atoms with van der Waals surface area (Å²) in [5.41, 5.74) is 3.20. The van der Waals surface area contributed by atoms with Crippen LogP contribution in [0.15, 0.2) is 41.2 Å². The number of aromatic nitrogens is 2. The largest absolute Gasteiger partial charge is 0.383 e. The van der Waals surface area contributed by atoms with E-state index in [-0.39, 0.29) is 11.3 Å². The van der Waals surface area contributed by atoms with Crippen molar-refractivity contribution in [3.8, 4) is 11.3 Å². The fraction of sp³-hybridized carbons (Fsp3) is 0.318. The Hall–Kier alpha value is -3.03. The summed E-state index contributed by atoms with van der Waals surface area (Å²) >= 11 is 0. The van der Waals surface area contributed by atoms with Crippen molar-refractivity contribution in [3.63, 3.8) is 0 Å². The topological polar surface area (TPSA) is 79.3 Å². The fourth-order valence-corrected chi connectivity index (χ4v) is 3.74. The van der Waals surface area contributed by atoms with Crippen molar-refractivity contribution in [1.29, 1.82) is 0 Å². The van der Waals surface area contributed by atoms with Crippen LogP contribution >= 0.6 is 0 Å². The summed E-state index contributed by atoms with van der Waals surface area (Å²) in [7, 11) is 5.81. The molecule has 0 aliphatic heterocycles. The zero-order valence-electron chi connectivity index (χ0n) is 17.0. The molecule has 29 heavy (non-hydrogen) atoms. The highest BCUT2D eigenvalue weighted by molar-refractivity contribution is 6.27. The van der Waals surface area contributed by atoms with Crippen molar-refractivity contribution in [3.05, 3.63) is 57.9 Å². The quantitative estimate of drug-likeness (QED) is 0.468. The molecule has 0 saturated heterocycles. The Morgan fingerprint density at radius 3 is 2.52 bits per heavy atom. The van der Waals surface area contributed by atoms with Crippen LogP contribution in [-0.2, 0) is 6.54 Å². The Morgan fingerprint density at radius 1 is 1.03 bits per heavy atom. The summed E-state index contributed by atoms with van der Waals surface area (Å²) < 4.78 is 1.52. The normalized spacial score (nSPS) is 12.5. The van der Waals surface area contributed by atoms with Gasteiger partial charge in [0.2, 0.25) is 0 Å². The molecule has 1 aromatic heterocycles.